The van der Waals surface area contributed by atoms with Gasteiger partial charge in [0.25, 0.3) is 5.69 Å². The molecule has 1 saturated heterocycles. The predicted molar refractivity (Wildman–Crippen MR) is 76.7 cm³/mol. The van der Waals surface area contributed by atoms with Gasteiger partial charge in [0.05, 0.1) is 16.6 Å². The lowest BCUT2D eigenvalue weighted by molar-refractivity contribution is -0.384. The molecule has 0 unspecified atom stereocenters. The minimum Gasteiger partial charge on any atom is -0.320 e. The summed E-state index contributed by atoms with van der Waals surface area (Å²) in [5.41, 5.74) is -0.482. The molecule has 0 spiro atoms. The maximum absolute atomic E-state index is 12.4. The second-order valence-electron chi connectivity index (χ2n) is 5.37. The molecule has 110 valence electrons. The van der Waals surface area contributed by atoms with Crippen molar-refractivity contribution in [2.45, 2.75) is 19.8 Å². The van der Waals surface area contributed by atoms with Crippen LogP contribution in [0, 0.1) is 26.9 Å². The molecule has 1 amide bonds. The number of nitro groups is 1. The van der Waals surface area contributed by atoms with Gasteiger partial charge in [-0.15, -0.1) is 0 Å². The van der Waals surface area contributed by atoms with E-state index in [1.165, 1.54) is 18.2 Å². The lowest BCUT2D eigenvalue weighted by atomic mass is 9.80. The first-order valence-electron chi connectivity index (χ1n) is 6.67. The Hall–Kier alpha value is -2.46. The molecule has 1 fully saturated rings. The number of nitriles is 1. The van der Waals surface area contributed by atoms with Crippen molar-refractivity contribution >= 4 is 17.3 Å². The molecule has 2 rings (SSSR count). The molecule has 1 aromatic rings. The van der Waals surface area contributed by atoms with Crippen LogP contribution >= 0.6 is 0 Å². The first-order chi connectivity index (χ1) is 9.96. The van der Waals surface area contributed by atoms with Crippen molar-refractivity contribution in [1.29, 1.82) is 5.26 Å². The average molecular weight is 288 g/mol. The molecule has 0 saturated carbocycles. The summed E-state index contributed by atoms with van der Waals surface area (Å²) in [6.07, 6.45) is 1.37. The molecule has 0 aromatic heterocycles. The molecular formula is C14H16N4O3. The number of nitrogens with one attached hydrogen (secondary N) is 2. The Morgan fingerprint density at radius 2 is 2.14 bits per heavy atom. The molecule has 1 aliphatic heterocycles. The number of anilines is 1. The number of amides is 1. The van der Waals surface area contributed by atoms with Gasteiger partial charge < -0.3 is 10.6 Å². The van der Waals surface area contributed by atoms with E-state index in [-0.39, 0.29) is 22.8 Å². The molecule has 7 heteroatoms. The Kier molecular flexibility index (Phi) is 4.19. The Morgan fingerprint density at radius 1 is 1.48 bits per heavy atom. The zero-order valence-electron chi connectivity index (χ0n) is 11.7. The van der Waals surface area contributed by atoms with Crippen molar-refractivity contribution in [2.24, 2.45) is 5.41 Å². The smallest absolute Gasteiger partial charge is 0.294 e. The Bertz CT molecular complexity index is 615. The van der Waals surface area contributed by atoms with Gasteiger partial charge >= 0.3 is 0 Å². The van der Waals surface area contributed by atoms with Gasteiger partial charge in [-0.05, 0) is 38.1 Å². The summed E-state index contributed by atoms with van der Waals surface area (Å²) in [7, 11) is 0. The molecule has 0 radical (unpaired) electrons. The number of carbonyl (C=O) groups excluding carboxylic acids is 1. The third-order valence-electron chi connectivity index (χ3n) is 3.83. The number of nitrogens with zero attached hydrogens (tertiary/aromatic N) is 2. The Labute approximate surface area is 122 Å². The maximum Gasteiger partial charge on any atom is 0.294 e. The highest BCUT2D eigenvalue weighted by molar-refractivity contribution is 5.97. The van der Waals surface area contributed by atoms with Crippen LogP contribution in [0.25, 0.3) is 0 Å². The first kappa shape index (κ1) is 14.9. The maximum atomic E-state index is 12.4. The van der Waals surface area contributed by atoms with Crippen LogP contribution in [-0.4, -0.2) is 23.9 Å². The number of rotatable bonds is 3. The van der Waals surface area contributed by atoms with E-state index in [2.05, 4.69) is 10.6 Å². The third kappa shape index (κ3) is 3.17. The quantitative estimate of drug-likeness (QED) is 0.651. The van der Waals surface area contributed by atoms with E-state index >= 15 is 0 Å². The van der Waals surface area contributed by atoms with Gasteiger partial charge in [0.2, 0.25) is 5.91 Å². The zero-order valence-corrected chi connectivity index (χ0v) is 11.7. The van der Waals surface area contributed by atoms with Crippen LogP contribution in [0.2, 0.25) is 0 Å². The summed E-state index contributed by atoms with van der Waals surface area (Å²) >= 11 is 0. The topological polar surface area (TPSA) is 108 Å². The number of benzene rings is 1. The van der Waals surface area contributed by atoms with Crippen LogP contribution in [0.1, 0.15) is 25.3 Å². The van der Waals surface area contributed by atoms with Gasteiger partial charge in [0.1, 0.15) is 5.69 Å². The van der Waals surface area contributed by atoms with Gasteiger partial charge in [0.15, 0.2) is 0 Å². The molecule has 0 atom stereocenters. The lowest BCUT2D eigenvalue weighted by Crippen LogP contribution is -2.42. The number of nitro benzene ring substituents is 1. The van der Waals surface area contributed by atoms with Crippen molar-refractivity contribution in [3.63, 3.8) is 0 Å². The normalized spacial score (nSPS) is 16.8. The van der Waals surface area contributed by atoms with E-state index in [4.69, 9.17) is 5.26 Å². The van der Waals surface area contributed by atoms with E-state index in [1.807, 2.05) is 13.0 Å². The summed E-state index contributed by atoms with van der Waals surface area (Å²) < 4.78 is 0. The molecular weight excluding hydrogens is 272 g/mol. The molecule has 0 bridgehead atoms. The highest BCUT2D eigenvalue weighted by atomic mass is 16.6. The summed E-state index contributed by atoms with van der Waals surface area (Å²) in [5.74, 6) is -0.225. The number of hydrogen-bond acceptors (Lipinski definition) is 5. The van der Waals surface area contributed by atoms with Gasteiger partial charge in [-0.2, -0.15) is 5.26 Å². The summed E-state index contributed by atoms with van der Waals surface area (Å²) in [6, 6.07) is 5.87. The monoisotopic (exact) mass is 288 g/mol. The minimum atomic E-state index is -0.596. The fourth-order valence-electron chi connectivity index (χ4n) is 2.34. The van der Waals surface area contributed by atoms with Crippen LogP contribution in [0.3, 0.4) is 0 Å². The number of piperidine rings is 1. The molecule has 0 aliphatic carbocycles. The molecule has 2 N–H and O–H groups in total. The van der Waals surface area contributed by atoms with Gasteiger partial charge in [-0.1, -0.05) is 6.92 Å². The largest absolute Gasteiger partial charge is 0.320 e. The highest BCUT2D eigenvalue weighted by Crippen LogP contribution is 2.32. The molecule has 1 aliphatic rings. The van der Waals surface area contributed by atoms with Crippen LogP contribution < -0.4 is 10.6 Å². The summed E-state index contributed by atoms with van der Waals surface area (Å²) in [6.45, 7) is 3.36. The molecule has 7 nitrogen and oxygen atoms in total. The molecule has 21 heavy (non-hydrogen) atoms. The first-order valence-corrected chi connectivity index (χ1v) is 6.67. The van der Waals surface area contributed by atoms with Crippen LogP contribution in [0.4, 0.5) is 11.4 Å². The fourth-order valence-corrected chi connectivity index (χ4v) is 2.34. The minimum absolute atomic E-state index is 0.128. The van der Waals surface area contributed by atoms with E-state index < -0.39 is 10.3 Å². The fraction of sp³-hybridized carbons (Fsp3) is 0.429. The van der Waals surface area contributed by atoms with Gasteiger partial charge in [0, 0.05) is 11.5 Å². The van der Waals surface area contributed by atoms with Gasteiger partial charge in [-0.3, -0.25) is 14.9 Å². The zero-order chi connectivity index (χ0) is 15.5. The van der Waals surface area contributed by atoms with Crippen LogP contribution in [0.5, 0.6) is 0 Å². The summed E-state index contributed by atoms with van der Waals surface area (Å²) in [4.78, 5) is 22.9. The standard InChI is InChI=1S/C14H16N4O3/c1-14(4-6-16-7-5-14)13(19)17-11-3-2-10(9-15)8-12(11)18(20)21/h2-3,8,16H,4-7H2,1H3,(H,17,19). The predicted octanol–water partition coefficient (Wildman–Crippen LogP) is 1.79. The second-order valence-corrected chi connectivity index (χ2v) is 5.37. The van der Waals surface area contributed by atoms with Crippen molar-refractivity contribution in [3.8, 4) is 6.07 Å². The Balaban J connectivity index is 2.25. The number of carbonyl (C=O) groups is 1. The van der Waals surface area contributed by atoms with Crippen molar-refractivity contribution in [3.05, 3.63) is 33.9 Å². The van der Waals surface area contributed by atoms with Gasteiger partial charge in [-0.25, -0.2) is 0 Å². The van der Waals surface area contributed by atoms with E-state index in [9.17, 15) is 14.9 Å². The van der Waals surface area contributed by atoms with Crippen LogP contribution in [-0.2, 0) is 4.79 Å². The average Bonchev–Trinajstić information content (AvgIpc) is 2.48. The second kappa shape index (κ2) is 5.89. The number of hydrogen-bond donors (Lipinski definition) is 2. The molecule has 1 aromatic carbocycles. The SMILES string of the molecule is CC1(C(=O)Nc2ccc(C#N)cc2[N+](=O)[O-])CCNCC1. The van der Waals surface area contributed by atoms with E-state index in [0.29, 0.717) is 12.8 Å². The van der Waals surface area contributed by atoms with E-state index in [1.54, 1.807) is 0 Å². The van der Waals surface area contributed by atoms with Crippen molar-refractivity contribution in [2.75, 3.05) is 18.4 Å². The summed E-state index contributed by atoms with van der Waals surface area (Å²) in [5, 5.41) is 25.7. The van der Waals surface area contributed by atoms with Crippen LogP contribution in [0.15, 0.2) is 18.2 Å². The lowest BCUT2D eigenvalue weighted by Gasteiger charge is -2.32. The van der Waals surface area contributed by atoms with Crippen molar-refractivity contribution < 1.29 is 9.72 Å². The van der Waals surface area contributed by atoms with Crippen molar-refractivity contribution in [1.82, 2.24) is 5.32 Å². The third-order valence-corrected chi connectivity index (χ3v) is 3.83. The molecule has 1 heterocycles. The van der Waals surface area contributed by atoms with E-state index in [0.717, 1.165) is 13.1 Å². The Morgan fingerprint density at radius 3 is 2.71 bits per heavy atom. The highest BCUT2D eigenvalue weighted by Gasteiger charge is 2.35.